The quantitative estimate of drug-likeness (QED) is 0.466. The lowest BCUT2D eigenvalue weighted by molar-refractivity contribution is 0.996. The molecular formula is C14H23N2P. The van der Waals surface area contributed by atoms with Crippen molar-refractivity contribution in [2.45, 2.75) is 45.2 Å². The van der Waals surface area contributed by atoms with Gasteiger partial charge in [-0.2, -0.15) is 0 Å². The summed E-state index contributed by atoms with van der Waals surface area (Å²) in [6.45, 7) is 9.26. The third-order valence-electron chi connectivity index (χ3n) is 2.96. The van der Waals surface area contributed by atoms with Crippen molar-refractivity contribution in [3.8, 4) is 0 Å². The molecule has 0 unspecified atom stereocenters. The first kappa shape index (κ1) is 14.2. The third-order valence-corrected chi connectivity index (χ3v) is 6.34. The van der Waals surface area contributed by atoms with Crippen LogP contribution in [0.25, 0.3) is 0 Å². The molecule has 2 nitrogen and oxygen atoms in total. The van der Waals surface area contributed by atoms with Gasteiger partial charge in [0.1, 0.15) is 5.84 Å². The summed E-state index contributed by atoms with van der Waals surface area (Å²) in [5.74, 6) is 0.145. The second-order valence-corrected chi connectivity index (χ2v) is 8.38. The highest BCUT2D eigenvalue weighted by atomic mass is 31.1. The van der Waals surface area contributed by atoms with Gasteiger partial charge in [0.25, 0.3) is 0 Å². The largest absolute Gasteiger partial charge is 0.384 e. The van der Waals surface area contributed by atoms with Crippen molar-refractivity contribution in [1.82, 2.24) is 0 Å². The van der Waals surface area contributed by atoms with Crippen LogP contribution in [-0.2, 0) is 6.16 Å². The molecule has 3 heteroatoms. The molecule has 0 spiro atoms. The summed E-state index contributed by atoms with van der Waals surface area (Å²) in [6, 6.07) is 8.12. The van der Waals surface area contributed by atoms with E-state index in [9.17, 15) is 0 Å². The average Bonchev–Trinajstić information content (AvgIpc) is 2.25. The highest BCUT2D eigenvalue weighted by molar-refractivity contribution is 7.58. The van der Waals surface area contributed by atoms with E-state index < -0.39 is 0 Å². The van der Waals surface area contributed by atoms with Crippen LogP contribution in [0.3, 0.4) is 0 Å². The minimum Gasteiger partial charge on any atom is -0.384 e. The van der Waals surface area contributed by atoms with Crippen LogP contribution in [0.1, 0.15) is 38.8 Å². The van der Waals surface area contributed by atoms with Gasteiger partial charge >= 0.3 is 0 Å². The summed E-state index contributed by atoms with van der Waals surface area (Å²) in [5, 5.41) is 7.37. The Balaban J connectivity index is 2.77. The average molecular weight is 250 g/mol. The molecule has 0 saturated heterocycles. The molecule has 0 bridgehead atoms. The zero-order valence-corrected chi connectivity index (χ0v) is 12.1. The second-order valence-electron chi connectivity index (χ2n) is 4.97. The Labute approximate surface area is 106 Å². The van der Waals surface area contributed by atoms with Crippen molar-refractivity contribution in [2.24, 2.45) is 5.73 Å². The Kier molecular flexibility index (Phi) is 5.14. The highest BCUT2D eigenvalue weighted by Gasteiger charge is 2.16. The molecule has 0 aliphatic carbocycles. The molecule has 94 valence electrons. The summed E-state index contributed by atoms with van der Waals surface area (Å²) < 4.78 is 0. The first-order valence-electron chi connectivity index (χ1n) is 6.11. The predicted molar refractivity (Wildman–Crippen MR) is 78.4 cm³/mol. The number of rotatable bonds is 5. The molecule has 0 aromatic heterocycles. The Morgan fingerprint density at radius 1 is 1.12 bits per heavy atom. The van der Waals surface area contributed by atoms with E-state index in [0.717, 1.165) is 16.9 Å². The molecule has 1 aromatic rings. The van der Waals surface area contributed by atoms with Crippen molar-refractivity contribution >= 4 is 13.8 Å². The fourth-order valence-electron chi connectivity index (χ4n) is 1.96. The molecule has 0 saturated carbocycles. The lowest BCUT2D eigenvalue weighted by atomic mass is 10.1. The first-order chi connectivity index (χ1) is 7.91. The van der Waals surface area contributed by atoms with Crippen LogP contribution in [0.4, 0.5) is 0 Å². The zero-order chi connectivity index (χ0) is 13.0. The van der Waals surface area contributed by atoms with E-state index in [4.69, 9.17) is 11.1 Å². The molecule has 1 rings (SSSR count). The molecule has 0 radical (unpaired) electrons. The van der Waals surface area contributed by atoms with E-state index in [0.29, 0.717) is 0 Å². The lowest BCUT2D eigenvalue weighted by Gasteiger charge is -2.25. The maximum Gasteiger partial charge on any atom is 0.122 e. The van der Waals surface area contributed by atoms with E-state index in [1.165, 1.54) is 11.7 Å². The number of benzene rings is 1. The van der Waals surface area contributed by atoms with Gasteiger partial charge in [0.2, 0.25) is 0 Å². The fraction of sp³-hybridized carbons (Fsp3) is 0.500. The third kappa shape index (κ3) is 4.12. The predicted octanol–water partition coefficient (Wildman–Crippen LogP) is 3.77. The van der Waals surface area contributed by atoms with E-state index in [1.807, 2.05) is 12.1 Å². The molecule has 0 amide bonds. The summed E-state index contributed by atoms with van der Waals surface area (Å²) in [5.41, 5.74) is 9.15. The van der Waals surface area contributed by atoms with Gasteiger partial charge in [-0.15, -0.1) is 0 Å². The molecule has 0 aliphatic heterocycles. The van der Waals surface area contributed by atoms with Crippen molar-refractivity contribution in [2.75, 3.05) is 0 Å². The van der Waals surface area contributed by atoms with Gasteiger partial charge in [-0.25, -0.2) is 0 Å². The number of nitrogens with two attached hydrogens (primary N) is 1. The minimum atomic E-state index is 0.0352. The normalized spacial score (nSPS) is 11.5. The molecule has 0 aliphatic rings. The van der Waals surface area contributed by atoms with Crippen molar-refractivity contribution in [1.29, 1.82) is 5.41 Å². The Morgan fingerprint density at radius 2 is 1.59 bits per heavy atom. The van der Waals surface area contributed by atoms with Gasteiger partial charge in [-0.05, 0) is 23.0 Å². The molecule has 1 aromatic carbocycles. The van der Waals surface area contributed by atoms with Crippen LogP contribution in [0.15, 0.2) is 24.3 Å². The van der Waals surface area contributed by atoms with Gasteiger partial charge < -0.3 is 5.73 Å². The SMILES string of the molecule is CC(C)P(Cc1ccc(C(=N)N)cc1)C(C)C. The Morgan fingerprint density at radius 3 is 1.94 bits per heavy atom. The maximum atomic E-state index is 7.37. The van der Waals surface area contributed by atoms with Crippen molar-refractivity contribution in [3.63, 3.8) is 0 Å². The van der Waals surface area contributed by atoms with Gasteiger partial charge in [0.05, 0.1) is 0 Å². The van der Waals surface area contributed by atoms with Crippen LogP contribution in [-0.4, -0.2) is 17.2 Å². The van der Waals surface area contributed by atoms with E-state index in [1.54, 1.807) is 0 Å². The number of hydrogen-bond acceptors (Lipinski definition) is 1. The van der Waals surface area contributed by atoms with Gasteiger partial charge in [0.15, 0.2) is 0 Å². The zero-order valence-electron chi connectivity index (χ0n) is 11.2. The second kappa shape index (κ2) is 6.16. The standard InChI is InChI=1S/C14H23N2P/c1-10(2)17(11(3)4)9-12-5-7-13(8-6-12)14(15)16/h5-8,10-11H,9H2,1-4H3,(H3,15,16). The number of nitrogen functional groups attached to an aromatic ring is 1. The van der Waals surface area contributed by atoms with E-state index in [2.05, 4.69) is 39.8 Å². The first-order valence-corrected chi connectivity index (χ1v) is 7.77. The smallest absolute Gasteiger partial charge is 0.122 e. The fourth-order valence-corrected chi connectivity index (χ4v) is 4.52. The van der Waals surface area contributed by atoms with Crippen LogP contribution in [0.5, 0.6) is 0 Å². The molecular weight excluding hydrogens is 227 g/mol. The minimum absolute atomic E-state index is 0.0352. The molecule has 17 heavy (non-hydrogen) atoms. The van der Waals surface area contributed by atoms with Crippen LogP contribution in [0, 0.1) is 5.41 Å². The van der Waals surface area contributed by atoms with Gasteiger partial charge in [0, 0.05) is 5.56 Å². The Hall–Kier alpha value is -0.880. The molecule has 3 N–H and O–H groups in total. The van der Waals surface area contributed by atoms with Crippen LogP contribution < -0.4 is 5.73 Å². The van der Waals surface area contributed by atoms with Gasteiger partial charge in [-0.3, -0.25) is 5.41 Å². The molecule has 0 fully saturated rings. The summed E-state index contributed by atoms with van der Waals surface area (Å²) >= 11 is 0. The summed E-state index contributed by atoms with van der Waals surface area (Å²) in [6.07, 6.45) is 1.17. The maximum absolute atomic E-state index is 7.37. The van der Waals surface area contributed by atoms with Crippen LogP contribution >= 0.6 is 7.92 Å². The van der Waals surface area contributed by atoms with Crippen molar-refractivity contribution < 1.29 is 0 Å². The van der Waals surface area contributed by atoms with Crippen molar-refractivity contribution in [3.05, 3.63) is 35.4 Å². The number of nitrogens with one attached hydrogen (secondary N) is 1. The molecule has 0 heterocycles. The summed E-state index contributed by atoms with van der Waals surface area (Å²) in [7, 11) is 0.0352. The number of hydrogen-bond donors (Lipinski definition) is 2. The lowest BCUT2D eigenvalue weighted by Crippen LogP contribution is -2.11. The molecule has 0 atom stereocenters. The van der Waals surface area contributed by atoms with Gasteiger partial charge in [-0.1, -0.05) is 59.9 Å². The number of amidine groups is 1. The Bertz CT molecular complexity index is 360. The van der Waals surface area contributed by atoms with Crippen LogP contribution in [0.2, 0.25) is 0 Å². The van der Waals surface area contributed by atoms with E-state index >= 15 is 0 Å². The topological polar surface area (TPSA) is 49.9 Å². The highest BCUT2D eigenvalue weighted by Crippen LogP contribution is 2.48. The van der Waals surface area contributed by atoms with E-state index in [-0.39, 0.29) is 13.8 Å². The monoisotopic (exact) mass is 250 g/mol. The summed E-state index contributed by atoms with van der Waals surface area (Å²) in [4.78, 5) is 0.